The summed E-state index contributed by atoms with van der Waals surface area (Å²) in [5.41, 5.74) is 8.09. The number of nitrogens with one attached hydrogen (secondary N) is 2. The molecule has 34 heavy (non-hydrogen) atoms. The SMILES string of the molecule is NC[C@H]1CC[C@H](Nc2cc(-c3cccc(NCc4cccc(OC(F)F)c4)n3)c(Cl)cn2)CC1. The highest BCUT2D eigenvalue weighted by molar-refractivity contribution is 6.33. The minimum absolute atomic E-state index is 0.121. The van der Waals surface area contributed by atoms with Gasteiger partial charge in [-0.1, -0.05) is 29.8 Å². The monoisotopic (exact) mass is 487 g/mol. The quantitative estimate of drug-likeness (QED) is 0.346. The maximum atomic E-state index is 12.5. The number of hydrogen-bond donors (Lipinski definition) is 3. The van der Waals surface area contributed by atoms with Gasteiger partial charge in [-0.05, 0) is 74.0 Å². The largest absolute Gasteiger partial charge is 0.435 e. The Bertz CT molecular complexity index is 1090. The van der Waals surface area contributed by atoms with Crippen LogP contribution in [0.1, 0.15) is 31.2 Å². The number of aromatic nitrogens is 2. The zero-order chi connectivity index (χ0) is 23.9. The highest BCUT2D eigenvalue weighted by atomic mass is 35.5. The van der Waals surface area contributed by atoms with Gasteiger partial charge in [0.05, 0.1) is 10.7 Å². The Morgan fingerprint density at radius 1 is 1.06 bits per heavy atom. The van der Waals surface area contributed by atoms with Gasteiger partial charge in [-0.3, -0.25) is 0 Å². The predicted molar refractivity (Wildman–Crippen MR) is 131 cm³/mol. The molecule has 180 valence electrons. The molecule has 4 N–H and O–H groups in total. The Balaban J connectivity index is 1.43. The fourth-order valence-electron chi connectivity index (χ4n) is 4.17. The first-order valence-corrected chi connectivity index (χ1v) is 11.7. The molecule has 0 aliphatic heterocycles. The number of rotatable bonds is 9. The average Bonchev–Trinajstić information content (AvgIpc) is 2.84. The molecular formula is C25H28ClF2N5O. The molecule has 9 heteroatoms. The second-order valence-corrected chi connectivity index (χ2v) is 8.84. The maximum absolute atomic E-state index is 12.5. The summed E-state index contributed by atoms with van der Waals surface area (Å²) in [6.07, 6.45) is 6.04. The van der Waals surface area contributed by atoms with Crippen LogP contribution in [0, 0.1) is 5.92 Å². The number of hydrogen-bond acceptors (Lipinski definition) is 6. The van der Waals surface area contributed by atoms with Crippen molar-refractivity contribution in [3.63, 3.8) is 0 Å². The lowest BCUT2D eigenvalue weighted by Gasteiger charge is -2.28. The van der Waals surface area contributed by atoms with Crippen molar-refractivity contribution >= 4 is 23.2 Å². The molecule has 1 saturated carbocycles. The standard InChI is InChI=1S/C25H28ClF2N5O/c26-21-15-31-24(32-18-9-7-16(13-29)8-10-18)12-20(21)22-5-2-6-23(33-22)30-14-17-3-1-4-19(11-17)34-25(27)28/h1-6,11-12,15-16,18,25H,7-10,13-14,29H2,(H,30,33)(H,31,32)/t16-,18-. The Labute approximate surface area is 202 Å². The number of nitrogens with two attached hydrogens (primary N) is 1. The van der Waals surface area contributed by atoms with Gasteiger partial charge in [0.1, 0.15) is 17.4 Å². The highest BCUT2D eigenvalue weighted by Gasteiger charge is 2.20. The van der Waals surface area contributed by atoms with E-state index in [9.17, 15) is 8.78 Å². The molecule has 3 aromatic rings. The molecule has 0 unspecified atom stereocenters. The Morgan fingerprint density at radius 3 is 2.62 bits per heavy atom. The van der Waals surface area contributed by atoms with Crippen LogP contribution in [0.25, 0.3) is 11.3 Å². The summed E-state index contributed by atoms with van der Waals surface area (Å²) in [5.74, 6) is 2.15. The third kappa shape index (κ3) is 6.55. The van der Waals surface area contributed by atoms with E-state index >= 15 is 0 Å². The highest BCUT2D eigenvalue weighted by Crippen LogP contribution is 2.31. The van der Waals surface area contributed by atoms with Crippen molar-refractivity contribution in [2.75, 3.05) is 17.2 Å². The molecule has 4 rings (SSSR count). The summed E-state index contributed by atoms with van der Waals surface area (Å²) in [7, 11) is 0. The zero-order valence-electron chi connectivity index (χ0n) is 18.7. The van der Waals surface area contributed by atoms with Crippen LogP contribution in [0.2, 0.25) is 5.02 Å². The lowest BCUT2D eigenvalue weighted by molar-refractivity contribution is -0.0498. The number of benzene rings is 1. The van der Waals surface area contributed by atoms with Gasteiger partial charge in [0.25, 0.3) is 0 Å². The average molecular weight is 488 g/mol. The van der Waals surface area contributed by atoms with Crippen molar-refractivity contribution in [3.05, 3.63) is 65.3 Å². The van der Waals surface area contributed by atoms with Crippen LogP contribution in [0.15, 0.2) is 54.7 Å². The van der Waals surface area contributed by atoms with Crippen LogP contribution in [-0.4, -0.2) is 29.2 Å². The van der Waals surface area contributed by atoms with Crippen LogP contribution in [-0.2, 0) is 6.54 Å². The van der Waals surface area contributed by atoms with Gasteiger partial charge in [-0.2, -0.15) is 8.78 Å². The van der Waals surface area contributed by atoms with Crippen molar-refractivity contribution < 1.29 is 13.5 Å². The molecule has 0 amide bonds. The number of nitrogens with zero attached hydrogens (tertiary/aromatic N) is 2. The fraction of sp³-hybridized carbons (Fsp3) is 0.360. The van der Waals surface area contributed by atoms with Crippen LogP contribution in [0.3, 0.4) is 0 Å². The van der Waals surface area contributed by atoms with E-state index in [1.54, 1.807) is 18.3 Å². The second kappa shape index (κ2) is 11.4. The van der Waals surface area contributed by atoms with Crippen molar-refractivity contribution in [2.24, 2.45) is 11.7 Å². The summed E-state index contributed by atoms with van der Waals surface area (Å²) < 4.78 is 29.4. The van der Waals surface area contributed by atoms with Crippen molar-refractivity contribution in [1.82, 2.24) is 9.97 Å². The van der Waals surface area contributed by atoms with Gasteiger partial charge in [0.2, 0.25) is 0 Å². The molecule has 0 atom stereocenters. The number of alkyl halides is 2. The first kappa shape index (κ1) is 24.2. The molecule has 0 radical (unpaired) electrons. The van der Waals surface area contributed by atoms with E-state index < -0.39 is 6.61 Å². The third-order valence-electron chi connectivity index (χ3n) is 6.01. The normalized spacial score (nSPS) is 18.0. The molecule has 2 heterocycles. The van der Waals surface area contributed by atoms with Gasteiger partial charge in [0.15, 0.2) is 0 Å². The number of anilines is 2. The lowest BCUT2D eigenvalue weighted by Crippen LogP contribution is -2.29. The van der Waals surface area contributed by atoms with E-state index in [0.29, 0.717) is 35.0 Å². The number of halogens is 3. The molecular weight excluding hydrogens is 460 g/mol. The van der Waals surface area contributed by atoms with Gasteiger partial charge in [-0.15, -0.1) is 0 Å². The number of pyridine rings is 2. The maximum Gasteiger partial charge on any atom is 0.387 e. The molecule has 1 aliphatic carbocycles. The molecule has 1 fully saturated rings. The van der Waals surface area contributed by atoms with Crippen LogP contribution >= 0.6 is 11.6 Å². The molecule has 1 aliphatic rings. The van der Waals surface area contributed by atoms with Crippen LogP contribution < -0.4 is 21.1 Å². The van der Waals surface area contributed by atoms with Crippen molar-refractivity contribution in [3.8, 4) is 17.0 Å². The molecule has 6 nitrogen and oxygen atoms in total. The van der Waals surface area contributed by atoms with Crippen molar-refractivity contribution in [1.29, 1.82) is 0 Å². The van der Waals surface area contributed by atoms with Gasteiger partial charge in [-0.25, -0.2) is 9.97 Å². The van der Waals surface area contributed by atoms with Crippen LogP contribution in [0.5, 0.6) is 5.75 Å². The van der Waals surface area contributed by atoms with E-state index in [-0.39, 0.29) is 5.75 Å². The summed E-state index contributed by atoms with van der Waals surface area (Å²) in [6.45, 7) is -1.70. The molecule has 0 spiro atoms. The van der Waals surface area contributed by atoms with Gasteiger partial charge >= 0.3 is 6.61 Å². The molecule has 1 aromatic carbocycles. The molecule has 2 aromatic heterocycles. The Hall–Kier alpha value is -2.97. The zero-order valence-corrected chi connectivity index (χ0v) is 19.4. The molecule has 0 saturated heterocycles. The van der Waals surface area contributed by atoms with E-state index in [1.807, 2.05) is 30.3 Å². The smallest absolute Gasteiger partial charge is 0.387 e. The van der Waals surface area contributed by atoms with E-state index in [4.69, 9.17) is 17.3 Å². The minimum atomic E-state index is -2.85. The second-order valence-electron chi connectivity index (χ2n) is 8.43. The molecule has 0 bridgehead atoms. The van der Waals surface area contributed by atoms with Crippen LogP contribution in [0.4, 0.5) is 20.4 Å². The van der Waals surface area contributed by atoms with E-state index in [1.165, 1.54) is 6.07 Å². The fourth-order valence-corrected chi connectivity index (χ4v) is 4.37. The van der Waals surface area contributed by atoms with Crippen molar-refractivity contribution in [2.45, 2.75) is 44.9 Å². The summed E-state index contributed by atoms with van der Waals surface area (Å²) in [4.78, 5) is 9.13. The predicted octanol–water partition coefficient (Wildman–Crippen LogP) is 5.94. The van der Waals surface area contributed by atoms with E-state index in [0.717, 1.165) is 49.2 Å². The van der Waals surface area contributed by atoms with Gasteiger partial charge < -0.3 is 21.1 Å². The first-order chi connectivity index (χ1) is 16.5. The topological polar surface area (TPSA) is 85.1 Å². The Morgan fingerprint density at radius 2 is 1.85 bits per heavy atom. The summed E-state index contributed by atoms with van der Waals surface area (Å²) >= 11 is 6.46. The number of ether oxygens (including phenoxy) is 1. The minimum Gasteiger partial charge on any atom is -0.435 e. The Kier molecular flexibility index (Phi) is 8.13. The first-order valence-electron chi connectivity index (χ1n) is 11.4. The van der Waals surface area contributed by atoms with E-state index in [2.05, 4.69) is 25.3 Å². The lowest BCUT2D eigenvalue weighted by atomic mass is 9.86. The van der Waals surface area contributed by atoms with Gasteiger partial charge in [0, 0.05) is 24.3 Å². The summed E-state index contributed by atoms with van der Waals surface area (Å²) in [6, 6.07) is 14.5. The third-order valence-corrected chi connectivity index (χ3v) is 6.31. The summed E-state index contributed by atoms with van der Waals surface area (Å²) in [5, 5.41) is 7.26.